The summed E-state index contributed by atoms with van der Waals surface area (Å²) < 4.78 is 0. The van der Waals surface area contributed by atoms with Crippen LogP contribution in [0.4, 0.5) is 0 Å². The predicted octanol–water partition coefficient (Wildman–Crippen LogP) is 0.940. The second-order valence-electron chi connectivity index (χ2n) is 4.56. The molecule has 5 N–H and O–H groups in total. The lowest BCUT2D eigenvalue weighted by Gasteiger charge is -2.29. The van der Waals surface area contributed by atoms with Gasteiger partial charge in [-0.2, -0.15) is 0 Å². The van der Waals surface area contributed by atoms with Crippen LogP contribution in [-0.4, -0.2) is 19.1 Å². The van der Waals surface area contributed by atoms with Crippen LogP contribution in [0.2, 0.25) is 0 Å². The minimum absolute atomic E-state index is 0.513. The Kier molecular flexibility index (Phi) is 3.93. The van der Waals surface area contributed by atoms with Gasteiger partial charge in [0.25, 0.3) is 0 Å². The van der Waals surface area contributed by atoms with Crippen LogP contribution in [0.3, 0.4) is 0 Å². The Morgan fingerprint density at radius 1 is 1.12 bits per heavy atom. The summed E-state index contributed by atoms with van der Waals surface area (Å²) in [5, 5.41) is 3.50. The lowest BCUT2D eigenvalue weighted by molar-refractivity contribution is 0.371. The summed E-state index contributed by atoms with van der Waals surface area (Å²) in [4.78, 5) is 0. The first kappa shape index (κ1) is 11.6. The number of benzene rings is 1. The summed E-state index contributed by atoms with van der Waals surface area (Å²) in [5.74, 6) is 0.634. The van der Waals surface area contributed by atoms with Gasteiger partial charge < -0.3 is 16.8 Å². The van der Waals surface area contributed by atoms with E-state index in [-0.39, 0.29) is 0 Å². The molecule has 1 aromatic rings. The molecule has 0 aromatic heterocycles. The summed E-state index contributed by atoms with van der Waals surface area (Å²) in [7, 11) is 0. The fraction of sp³-hybridized carbons (Fsp3) is 0.538. The zero-order chi connectivity index (χ0) is 11.4. The van der Waals surface area contributed by atoms with Crippen molar-refractivity contribution in [1.29, 1.82) is 0 Å². The number of piperidine rings is 1. The smallest absolute Gasteiger partial charge is 0.0190 e. The highest BCUT2D eigenvalue weighted by Gasteiger charge is 2.20. The van der Waals surface area contributed by atoms with Crippen molar-refractivity contribution in [3.8, 4) is 0 Å². The highest BCUT2D eigenvalue weighted by Crippen LogP contribution is 2.25. The molecule has 0 spiro atoms. The van der Waals surface area contributed by atoms with Crippen molar-refractivity contribution in [3.63, 3.8) is 0 Å². The van der Waals surface area contributed by atoms with Gasteiger partial charge in [-0.25, -0.2) is 0 Å². The maximum absolute atomic E-state index is 5.65. The van der Waals surface area contributed by atoms with Crippen LogP contribution in [-0.2, 0) is 6.54 Å². The summed E-state index contributed by atoms with van der Waals surface area (Å²) in [6.45, 7) is 2.42. The molecule has 16 heavy (non-hydrogen) atoms. The quantitative estimate of drug-likeness (QED) is 0.709. The number of hydrogen-bond donors (Lipinski definition) is 3. The molecular weight excluding hydrogens is 198 g/mol. The van der Waals surface area contributed by atoms with Gasteiger partial charge in [-0.15, -0.1) is 0 Å². The highest BCUT2D eigenvalue weighted by molar-refractivity contribution is 5.26. The third kappa shape index (κ3) is 2.61. The maximum atomic E-state index is 5.65. The van der Waals surface area contributed by atoms with Crippen LogP contribution in [0.15, 0.2) is 24.3 Å². The topological polar surface area (TPSA) is 64.1 Å². The van der Waals surface area contributed by atoms with E-state index in [0.29, 0.717) is 18.5 Å². The number of rotatable bonds is 3. The molecule has 0 bridgehead atoms. The number of hydrogen-bond acceptors (Lipinski definition) is 3. The molecule has 1 saturated heterocycles. The first-order chi connectivity index (χ1) is 7.83. The minimum atomic E-state index is 0.513. The molecule has 1 aliphatic rings. The fourth-order valence-electron chi connectivity index (χ4n) is 2.33. The van der Waals surface area contributed by atoms with E-state index in [4.69, 9.17) is 11.5 Å². The average molecular weight is 219 g/mol. The third-order valence-electron chi connectivity index (χ3n) is 3.49. The second-order valence-corrected chi connectivity index (χ2v) is 4.56. The summed E-state index contributed by atoms with van der Waals surface area (Å²) in [6.07, 6.45) is 2.41. The van der Waals surface area contributed by atoms with E-state index in [1.54, 1.807) is 0 Å². The number of nitrogens with one attached hydrogen (secondary N) is 1. The van der Waals surface area contributed by atoms with E-state index in [1.165, 1.54) is 24.0 Å². The number of nitrogens with two attached hydrogens (primary N) is 2. The molecule has 0 amide bonds. The van der Waals surface area contributed by atoms with Crippen LogP contribution in [0.5, 0.6) is 0 Å². The fourth-order valence-corrected chi connectivity index (χ4v) is 2.33. The molecule has 0 saturated carbocycles. The lowest BCUT2D eigenvalue weighted by Crippen LogP contribution is -2.42. The van der Waals surface area contributed by atoms with Crippen LogP contribution in [0.25, 0.3) is 0 Å². The summed E-state index contributed by atoms with van der Waals surface area (Å²) in [6, 6.07) is 9.18. The van der Waals surface area contributed by atoms with E-state index < -0.39 is 0 Å². The molecule has 1 heterocycles. The van der Waals surface area contributed by atoms with Gasteiger partial charge in [-0.05, 0) is 29.9 Å². The van der Waals surface area contributed by atoms with Crippen LogP contribution in [0, 0.1) is 0 Å². The minimum Gasteiger partial charge on any atom is -0.329 e. The molecule has 2 unspecified atom stereocenters. The molecule has 3 heteroatoms. The molecular formula is C13H21N3. The van der Waals surface area contributed by atoms with Crippen molar-refractivity contribution in [3.05, 3.63) is 35.4 Å². The van der Waals surface area contributed by atoms with Crippen LogP contribution < -0.4 is 16.8 Å². The van der Waals surface area contributed by atoms with Gasteiger partial charge in [0.1, 0.15) is 0 Å². The van der Waals surface area contributed by atoms with Gasteiger partial charge in [-0.3, -0.25) is 0 Å². The standard InChI is InChI=1S/C13H21N3/c14-7-10-1-3-11(4-2-10)12-5-6-13(8-15)16-9-12/h1-4,12-13,16H,5-9,14-15H2. The van der Waals surface area contributed by atoms with Gasteiger partial charge in [-0.1, -0.05) is 24.3 Å². The Hall–Kier alpha value is -0.900. The maximum Gasteiger partial charge on any atom is 0.0190 e. The highest BCUT2D eigenvalue weighted by atomic mass is 14.9. The molecule has 88 valence electrons. The van der Waals surface area contributed by atoms with Crippen LogP contribution >= 0.6 is 0 Å². The van der Waals surface area contributed by atoms with Crippen molar-refractivity contribution in [2.75, 3.05) is 13.1 Å². The van der Waals surface area contributed by atoms with Gasteiger partial charge in [0.15, 0.2) is 0 Å². The zero-order valence-corrected chi connectivity index (χ0v) is 9.65. The predicted molar refractivity (Wildman–Crippen MR) is 67.2 cm³/mol. The average Bonchev–Trinajstić information content (AvgIpc) is 2.39. The van der Waals surface area contributed by atoms with E-state index in [9.17, 15) is 0 Å². The van der Waals surface area contributed by atoms with E-state index in [0.717, 1.165) is 13.1 Å². The monoisotopic (exact) mass is 219 g/mol. The molecule has 2 atom stereocenters. The first-order valence-electron chi connectivity index (χ1n) is 6.06. The Labute approximate surface area is 97.2 Å². The van der Waals surface area contributed by atoms with Gasteiger partial charge in [0.05, 0.1) is 0 Å². The SMILES string of the molecule is NCc1ccc(C2CCC(CN)NC2)cc1. The molecule has 0 aliphatic carbocycles. The molecule has 1 aromatic carbocycles. The zero-order valence-electron chi connectivity index (χ0n) is 9.65. The Morgan fingerprint density at radius 3 is 2.38 bits per heavy atom. The molecule has 0 radical (unpaired) electrons. The largest absolute Gasteiger partial charge is 0.329 e. The van der Waals surface area contributed by atoms with Crippen molar-refractivity contribution in [2.24, 2.45) is 11.5 Å². The van der Waals surface area contributed by atoms with Crippen molar-refractivity contribution in [1.82, 2.24) is 5.32 Å². The van der Waals surface area contributed by atoms with Crippen molar-refractivity contribution < 1.29 is 0 Å². The third-order valence-corrected chi connectivity index (χ3v) is 3.49. The van der Waals surface area contributed by atoms with Crippen LogP contribution in [0.1, 0.15) is 29.9 Å². The van der Waals surface area contributed by atoms with Crippen molar-refractivity contribution >= 4 is 0 Å². The summed E-state index contributed by atoms with van der Waals surface area (Å²) >= 11 is 0. The van der Waals surface area contributed by atoms with Gasteiger partial charge in [0.2, 0.25) is 0 Å². The Balaban J connectivity index is 1.97. The summed E-state index contributed by atoms with van der Waals surface area (Å²) in [5.41, 5.74) is 13.9. The van der Waals surface area contributed by atoms with E-state index in [1.807, 2.05) is 0 Å². The van der Waals surface area contributed by atoms with E-state index >= 15 is 0 Å². The first-order valence-corrected chi connectivity index (χ1v) is 6.06. The lowest BCUT2D eigenvalue weighted by atomic mass is 9.88. The van der Waals surface area contributed by atoms with Crippen molar-refractivity contribution in [2.45, 2.75) is 31.3 Å². The van der Waals surface area contributed by atoms with Gasteiger partial charge in [0, 0.05) is 25.7 Å². The molecule has 3 nitrogen and oxygen atoms in total. The molecule has 2 rings (SSSR count). The second kappa shape index (κ2) is 5.43. The van der Waals surface area contributed by atoms with E-state index in [2.05, 4.69) is 29.6 Å². The Bertz CT molecular complexity index is 312. The molecule has 1 aliphatic heterocycles. The molecule has 1 fully saturated rings. The normalized spacial score (nSPS) is 25.6. The Morgan fingerprint density at radius 2 is 1.88 bits per heavy atom. The van der Waals surface area contributed by atoms with Gasteiger partial charge >= 0.3 is 0 Å².